The van der Waals surface area contributed by atoms with E-state index in [-0.39, 0.29) is 16.5 Å². The Morgan fingerprint density at radius 3 is 2.44 bits per heavy atom. The molecule has 0 spiro atoms. The van der Waals surface area contributed by atoms with Crippen molar-refractivity contribution in [2.75, 3.05) is 10.1 Å². The summed E-state index contributed by atoms with van der Waals surface area (Å²) in [5.41, 5.74) is 0.177. The summed E-state index contributed by atoms with van der Waals surface area (Å²) in [7, 11) is -3.71. The van der Waals surface area contributed by atoms with Gasteiger partial charge >= 0.3 is 5.97 Å². The van der Waals surface area contributed by atoms with E-state index in [2.05, 4.69) is 0 Å². The molecule has 18 heavy (non-hydrogen) atoms. The highest BCUT2D eigenvalue weighted by Gasteiger charge is 2.31. The molecule has 7 heteroatoms. The van der Waals surface area contributed by atoms with Crippen LogP contribution in [-0.4, -0.2) is 31.3 Å². The van der Waals surface area contributed by atoms with Crippen molar-refractivity contribution in [1.29, 1.82) is 0 Å². The van der Waals surface area contributed by atoms with Crippen molar-refractivity contribution in [1.82, 2.24) is 0 Å². The van der Waals surface area contributed by atoms with Gasteiger partial charge in [0, 0.05) is 0 Å². The van der Waals surface area contributed by atoms with Gasteiger partial charge in [-0.15, -0.1) is 0 Å². The fraction of sp³-hybridized carbons (Fsp3) is 0.364. The fourth-order valence-electron chi connectivity index (χ4n) is 1.47. The fourth-order valence-corrected chi connectivity index (χ4v) is 3.06. The number of benzene rings is 1. The summed E-state index contributed by atoms with van der Waals surface area (Å²) in [6.07, 6.45) is 0. The van der Waals surface area contributed by atoms with Crippen molar-refractivity contribution in [2.24, 2.45) is 0 Å². The lowest BCUT2D eigenvalue weighted by atomic mass is 10.2. The minimum atomic E-state index is -3.71. The van der Waals surface area contributed by atoms with Crippen LogP contribution >= 0.6 is 11.6 Å². The van der Waals surface area contributed by atoms with Gasteiger partial charge in [-0.1, -0.05) is 23.7 Å². The zero-order valence-electron chi connectivity index (χ0n) is 10.00. The van der Waals surface area contributed by atoms with E-state index >= 15 is 0 Å². The lowest BCUT2D eigenvalue weighted by Crippen LogP contribution is -2.44. The largest absolute Gasteiger partial charge is 0.480 e. The molecule has 1 aromatic rings. The smallest absolute Gasteiger partial charge is 0.327 e. The molecule has 0 saturated heterocycles. The van der Waals surface area contributed by atoms with E-state index in [0.29, 0.717) is 0 Å². The molecule has 0 heterocycles. The predicted octanol–water partition coefficient (Wildman–Crippen LogP) is 1.97. The molecule has 0 bridgehead atoms. The van der Waals surface area contributed by atoms with E-state index in [1.54, 1.807) is 12.1 Å². The summed E-state index contributed by atoms with van der Waals surface area (Å²) in [6, 6.07) is 5.04. The van der Waals surface area contributed by atoms with Gasteiger partial charge in [0.05, 0.1) is 16.5 Å². The van der Waals surface area contributed by atoms with E-state index < -0.39 is 22.0 Å². The molecule has 0 aromatic heterocycles. The van der Waals surface area contributed by atoms with Crippen LogP contribution < -0.4 is 4.31 Å². The van der Waals surface area contributed by atoms with Crippen molar-refractivity contribution in [3.8, 4) is 0 Å². The summed E-state index contributed by atoms with van der Waals surface area (Å²) >= 11 is 5.93. The van der Waals surface area contributed by atoms with Crippen LogP contribution in [0.2, 0.25) is 5.02 Å². The first kappa shape index (κ1) is 14.8. The van der Waals surface area contributed by atoms with Gasteiger partial charge in [0.2, 0.25) is 10.0 Å². The van der Waals surface area contributed by atoms with Gasteiger partial charge in [0.15, 0.2) is 0 Å². The summed E-state index contributed by atoms with van der Waals surface area (Å²) in [4.78, 5) is 11.0. The van der Waals surface area contributed by atoms with Gasteiger partial charge in [-0.25, -0.2) is 13.2 Å². The third-order valence-corrected chi connectivity index (χ3v) is 4.63. The molecular formula is C11H14ClNO4S. The highest BCUT2D eigenvalue weighted by molar-refractivity contribution is 7.92. The molecular weight excluding hydrogens is 278 g/mol. The summed E-state index contributed by atoms with van der Waals surface area (Å²) in [6.45, 7) is 2.76. The first-order valence-corrected chi connectivity index (χ1v) is 7.29. The molecule has 0 amide bonds. The normalized spacial score (nSPS) is 13.1. The van der Waals surface area contributed by atoms with Gasteiger partial charge in [-0.05, 0) is 26.0 Å². The van der Waals surface area contributed by atoms with Crippen LogP contribution in [0.1, 0.15) is 13.8 Å². The van der Waals surface area contributed by atoms with Crippen LogP contribution in [0.4, 0.5) is 5.69 Å². The van der Waals surface area contributed by atoms with Crippen molar-refractivity contribution < 1.29 is 18.3 Å². The van der Waals surface area contributed by atoms with Gasteiger partial charge in [0.25, 0.3) is 0 Å². The molecule has 0 aliphatic rings. The maximum absolute atomic E-state index is 12.0. The van der Waals surface area contributed by atoms with E-state index in [4.69, 9.17) is 16.7 Å². The number of carbonyl (C=O) groups is 1. The average Bonchev–Trinajstić information content (AvgIpc) is 2.31. The number of carboxylic acid groups (broad SMARTS) is 1. The van der Waals surface area contributed by atoms with E-state index in [0.717, 1.165) is 4.31 Å². The molecule has 100 valence electrons. The van der Waals surface area contributed by atoms with Crippen LogP contribution in [0, 0.1) is 0 Å². The van der Waals surface area contributed by atoms with Crippen molar-refractivity contribution >= 4 is 33.3 Å². The molecule has 1 aromatic carbocycles. The van der Waals surface area contributed by atoms with Crippen LogP contribution in [0.25, 0.3) is 0 Å². The zero-order valence-corrected chi connectivity index (χ0v) is 11.6. The molecule has 0 aliphatic carbocycles. The first-order chi connectivity index (χ1) is 8.31. The summed E-state index contributed by atoms with van der Waals surface area (Å²) in [5.74, 6) is -1.43. The number of aliphatic carboxylic acids is 1. The number of rotatable bonds is 5. The van der Waals surface area contributed by atoms with Gasteiger partial charge in [0.1, 0.15) is 6.04 Å². The number of halogens is 1. The Labute approximate surface area is 111 Å². The van der Waals surface area contributed by atoms with Crippen molar-refractivity contribution in [3.05, 3.63) is 29.3 Å². The highest BCUT2D eigenvalue weighted by Crippen LogP contribution is 2.29. The van der Waals surface area contributed by atoms with E-state index in [1.165, 1.54) is 26.0 Å². The second kappa shape index (κ2) is 5.58. The van der Waals surface area contributed by atoms with Crippen molar-refractivity contribution in [3.63, 3.8) is 0 Å². The van der Waals surface area contributed by atoms with E-state index in [1.807, 2.05) is 0 Å². The van der Waals surface area contributed by atoms with Gasteiger partial charge < -0.3 is 5.11 Å². The number of nitrogens with zero attached hydrogens (tertiary/aromatic N) is 1. The third kappa shape index (κ3) is 2.94. The predicted molar refractivity (Wildman–Crippen MR) is 70.5 cm³/mol. The topological polar surface area (TPSA) is 74.7 Å². The third-order valence-electron chi connectivity index (χ3n) is 2.46. The minimum absolute atomic E-state index is 0.177. The van der Waals surface area contributed by atoms with Crippen LogP contribution in [0.3, 0.4) is 0 Å². The minimum Gasteiger partial charge on any atom is -0.480 e. The molecule has 5 nitrogen and oxygen atoms in total. The second-order valence-electron chi connectivity index (χ2n) is 3.66. The van der Waals surface area contributed by atoms with Gasteiger partial charge in [-0.2, -0.15) is 0 Å². The Hall–Kier alpha value is -1.27. The number of para-hydroxylation sites is 1. The Morgan fingerprint density at radius 1 is 1.44 bits per heavy atom. The maximum Gasteiger partial charge on any atom is 0.327 e. The number of hydrogen-bond acceptors (Lipinski definition) is 3. The van der Waals surface area contributed by atoms with Crippen molar-refractivity contribution in [2.45, 2.75) is 19.9 Å². The average molecular weight is 292 g/mol. The lowest BCUT2D eigenvalue weighted by Gasteiger charge is -2.28. The number of carboxylic acids is 1. The van der Waals surface area contributed by atoms with Crippen LogP contribution in [0.15, 0.2) is 24.3 Å². The number of anilines is 1. The number of hydrogen-bond donors (Lipinski definition) is 1. The highest BCUT2D eigenvalue weighted by atomic mass is 35.5. The molecule has 0 fully saturated rings. The monoisotopic (exact) mass is 291 g/mol. The molecule has 1 unspecified atom stereocenters. The van der Waals surface area contributed by atoms with Gasteiger partial charge in [-0.3, -0.25) is 4.31 Å². The maximum atomic E-state index is 12.0. The zero-order chi connectivity index (χ0) is 13.9. The first-order valence-electron chi connectivity index (χ1n) is 5.30. The number of sulfonamides is 1. The Kier molecular flexibility index (Phi) is 4.59. The molecule has 0 radical (unpaired) electrons. The SMILES string of the molecule is CCS(=O)(=O)N(c1ccccc1Cl)C(C)C(=O)O. The molecule has 0 saturated carbocycles. The quantitative estimate of drug-likeness (QED) is 0.900. The van der Waals surface area contributed by atoms with E-state index in [9.17, 15) is 13.2 Å². The summed E-state index contributed by atoms with van der Waals surface area (Å²) < 4.78 is 24.8. The lowest BCUT2D eigenvalue weighted by molar-refractivity contribution is -0.137. The molecule has 1 N–H and O–H groups in total. The van der Waals surface area contributed by atoms with Crippen LogP contribution in [-0.2, 0) is 14.8 Å². The second-order valence-corrected chi connectivity index (χ2v) is 6.20. The molecule has 1 rings (SSSR count). The Morgan fingerprint density at radius 2 is 2.00 bits per heavy atom. The van der Waals surface area contributed by atoms with Crippen LogP contribution in [0.5, 0.6) is 0 Å². The molecule has 0 aliphatic heterocycles. The molecule has 1 atom stereocenters. The Balaban J connectivity index is 3.40. The summed E-state index contributed by atoms with van der Waals surface area (Å²) in [5, 5.41) is 9.21. The Bertz CT molecular complexity index is 544. The standard InChI is InChI=1S/C11H14ClNO4S/c1-3-18(16,17)13(8(2)11(14)15)10-7-5-4-6-9(10)12/h4-8H,3H2,1-2H3,(H,14,15).